The van der Waals surface area contributed by atoms with E-state index >= 15 is 0 Å². The van der Waals surface area contributed by atoms with E-state index in [1.807, 2.05) is 6.07 Å². The van der Waals surface area contributed by atoms with Crippen molar-refractivity contribution in [1.82, 2.24) is 5.32 Å². The molecule has 0 amide bonds. The van der Waals surface area contributed by atoms with Crippen LogP contribution in [0.15, 0.2) is 18.2 Å². The Balaban J connectivity index is 2.15. The van der Waals surface area contributed by atoms with Crippen molar-refractivity contribution in [3.05, 3.63) is 28.8 Å². The second kappa shape index (κ2) is 6.82. The average molecular weight is 295 g/mol. The van der Waals surface area contributed by atoms with Gasteiger partial charge in [0.2, 0.25) is 0 Å². The van der Waals surface area contributed by atoms with E-state index in [9.17, 15) is 0 Å². The highest BCUT2D eigenvalue weighted by Gasteiger charge is 2.27. The van der Waals surface area contributed by atoms with Crippen molar-refractivity contribution in [1.29, 1.82) is 0 Å². The first-order chi connectivity index (χ1) is 9.47. The summed E-state index contributed by atoms with van der Waals surface area (Å²) < 4.78 is 0. The molecule has 1 fully saturated rings. The first-order valence-electron chi connectivity index (χ1n) is 7.73. The molecule has 20 heavy (non-hydrogen) atoms. The number of hydrogen-bond acceptors (Lipinski definition) is 2. The number of hydrogen-bond donors (Lipinski definition) is 1. The molecule has 0 spiro atoms. The van der Waals surface area contributed by atoms with Crippen molar-refractivity contribution in [2.45, 2.75) is 46.7 Å². The van der Waals surface area contributed by atoms with Gasteiger partial charge in [-0.1, -0.05) is 38.4 Å². The summed E-state index contributed by atoms with van der Waals surface area (Å²) in [5, 5.41) is 4.37. The van der Waals surface area contributed by atoms with Crippen molar-refractivity contribution in [2.75, 3.05) is 18.0 Å². The zero-order valence-corrected chi connectivity index (χ0v) is 13.9. The molecule has 2 rings (SSSR count). The number of rotatable bonds is 5. The first kappa shape index (κ1) is 15.7. The fourth-order valence-electron chi connectivity index (χ4n) is 3.08. The third kappa shape index (κ3) is 3.89. The van der Waals surface area contributed by atoms with Crippen molar-refractivity contribution in [2.24, 2.45) is 11.8 Å². The monoisotopic (exact) mass is 294 g/mol. The predicted octanol–water partition coefficient (Wildman–Crippen LogP) is 4.32. The Kier molecular flexibility index (Phi) is 5.34. The molecule has 1 aromatic rings. The molecular weight excluding hydrogens is 268 g/mol. The van der Waals surface area contributed by atoms with Crippen LogP contribution in [0.1, 0.15) is 39.7 Å². The van der Waals surface area contributed by atoms with E-state index in [0.29, 0.717) is 12.0 Å². The third-order valence-corrected chi connectivity index (χ3v) is 4.24. The lowest BCUT2D eigenvalue weighted by Crippen LogP contribution is -2.29. The molecule has 2 atom stereocenters. The molecule has 0 aliphatic carbocycles. The van der Waals surface area contributed by atoms with Crippen LogP contribution in [0.5, 0.6) is 0 Å². The Labute approximate surface area is 128 Å². The topological polar surface area (TPSA) is 15.3 Å². The third-order valence-electron chi connectivity index (χ3n) is 4.01. The van der Waals surface area contributed by atoms with E-state index in [1.165, 1.54) is 17.7 Å². The molecule has 2 unspecified atom stereocenters. The second-order valence-electron chi connectivity index (χ2n) is 6.64. The van der Waals surface area contributed by atoms with Crippen LogP contribution in [0.4, 0.5) is 5.69 Å². The summed E-state index contributed by atoms with van der Waals surface area (Å²) in [6, 6.07) is 6.90. The van der Waals surface area contributed by atoms with E-state index in [1.54, 1.807) is 0 Å². The number of nitrogens with one attached hydrogen (secondary N) is 1. The maximum atomic E-state index is 6.22. The number of nitrogens with zero attached hydrogens (tertiary/aromatic N) is 1. The summed E-state index contributed by atoms with van der Waals surface area (Å²) in [6.45, 7) is 12.2. The molecule has 1 aliphatic rings. The Bertz CT molecular complexity index is 445. The van der Waals surface area contributed by atoms with Gasteiger partial charge in [0, 0.05) is 29.8 Å². The van der Waals surface area contributed by atoms with Gasteiger partial charge in [0.05, 0.1) is 0 Å². The Morgan fingerprint density at radius 2 is 2.10 bits per heavy atom. The number of halogens is 1. The van der Waals surface area contributed by atoms with Gasteiger partial charge in [-0.15, -0.1) is 0 Å². The highest BCUT2D eigenvalue weighted by Crippen LogP contribution is 2.33. The minimum atomic E-state index is 0.604. The van der Waals surface area contributed by atoms with Crippen LogP contribution in [0.25, 0.3) is 0 Å². The van der Waals surface area contributed by atoms with Crippen molar-refractivity contribution in [3.8, 4) is 0 Å². The van der Waals surface area contributed by atoms with Crippen LogP contribution in [0, 0.1) is 11.8 Å². The van der Waals surface area contributed by atoms with Gasteiger partial charge in [-0.25, -0.2) is 0 Å². The van der Waals surface area contributed by atoms with Gasteiger partial charge in [0.1, 0.15) is 0 Å². The highest BCUT2D eigenvalue weighted by atomic mass is 35.5. The molecule has 112 valence electrons. The number of benzene rings is 1. The van der Waals surface area contributed by atoms with Crippen molar-refractivity contribution >= 4 is 17.3 Å². The second-order valence-corrected chi connectivity index (χ2v) is 7.08. The Morgan fingerprint density at radius 1 is 1.35 bits per heavy atom. The quantitative estimate of drug-likeness (QED) is 0.870. The summed E-state index contributed by atoms with van der Waals surface area (Å²) in [5.41, 5.74) is 2.67. The lowest BCUT2D eigenvalue weighted by molar-refractivity contribution is 0.551. The lowest BCUT2D eigenvalue weighted by Gasteiger charge is -2.27. The van der Waals surface area contributed by atoms with Crippen LogP contribution < -0.4 is 10.2 Å². The van der Waals surface area contributed by atoms with Gasteiger partial charge < -0.3 is 10.2 Å². The van der Waals surface area contributed by atoms with E-state index in [0.717, 1.165) is 30.6 Å². The van der Waals surface area contributed by atoms with E-state index < -0.39 is 0 Å². The van der Waals surface area contributed by atoms with Crippen LogP contribution >= 0.6 is 11.6 Å². The Hall–Kier alpha value is -0.730. The molecular formula is C17H27ClN2. The van der Waals surface area contributed by atoms with E-state index in [2.05, 4.69) is 50.0 Å². The predicted molar refractivity (Wildman–Crippen MR) is 88.6 cm³/mol. The highest BCUT2D eigenvalue weighted by molar-refractivity contribution is 6.30. The summed E-state index contributed by atoms with van der Waals surface area (Å²) in [7, 11) is 0. The molecule has 0 saturated carbocycles. The molecule has 1 N–H and O–H groups in total. The molecule has 2 nitrogen and oxygen atoms in total. The standard InChI is InChI=1S/C17H27ClN2/c1-12(2)9-19-10-15-5-6-16(18)8-17(15)20-11-13(3)7-14(20)4/h5-6,8,12-14,19H,7,9-11H2,1-4H3. The van der Waals surface area contributed by atoms with E-state index in [4.69, 9.17) is 11.6 Å². The maximum Gasteiger partial charge on any atom is 0.0429 e. The molecule has 1 aliphatic heterocycles. The van der Waals surface area contributed by atoms with Gasteiger partial charge >= 0.3 is 0 Å². The van der Waals surface area contributed by atoms with Gasteiger partial charge in [0.25, 0.3) is 0 Å². The van der Waals surface area contributed by atoms with Crippen LogP contribution in [-0.4, -0.2) is 19.1 Å². The van der Waals surface area contributed by atoms with E-state index in [-0.39, 0.29) is 0 Å². The van der Waals surface area contributed by atoms with Crippen molar-refractivity contribution in [3.63, 3.8) is 0 Å². The minimum absolute atomic E-state index is 0.604. The van der Waals surface area contributed by atoms with Gasteiger partial charge in [-0.2, -0.15) is 0 Å². The minimum Gasteiger partial charge on any atom is -0.368 e. The first-order valence-corrected chi connectivity index (χ1v) is 8.11. The lowest BCUT2D eigenvalue weighted by atomic mass is 10.1. The zero-order valence-electron chi connectivity index (χ0n) is 13.1. The largest absolute Gasteiger partial charge is 0.368 e. The normalized spacial score (nSPS) is 22.8. The molecule has 1 aromatic carbocycles. The molecule has 0 aromatic heterocycles. The number of anilines is 1. The molecule has 3 heteroatoms. The van der Waals surface area contributed by atoms with Crippen molar-refractivity contribution < 1.29 is 0 Å². The smallest absolute Gasteiger partial charge is 0.0429 e. The fourth-order valence-corrected chi connectivity index (χ4v) is 3.25. The summed E-state index contributed by atoms with van der Waals surface area (Å²) >= 11 is 6.22. The summed E-state index contributed by atoms with van der Waals surface area (Å²) in [5.74, 6) is 1.44. The molecule has 0 bridgehead atoms. The van der Waals surface area contributed by atoms with Crippen LogP contribution in [0.2, 0.25) is 5.02 Å². The van der Waals surface area contributed by atoms with Gasteiger partial charge in [-0.3, -0.25) is 0 Å². The SMILES string of the molecule is CC(C)CNCc1ccc(Cl)cc1N1CC(C)CC1C. The molecule has 1 saturated heterocycles. The average Bonchev–Trinajstić information content (AvgIpc) is 2.70. The Morgan fingerprint density at radius 3 is 2.70 bits per heavy atom. The summed E-state index contributed by atoms with van der Waals surface area (Å²) in [4.78, 5) is 2.52. The zero-order chi connectivity index (χ0) is 14.7. The van der Waals surface area contributed by atoms with Crippen LogP contribution in [0.3, 0.4) is 0 Å². The molecule has 0 radical (unpaired) electrons. The fraction of sp³-hybridized carbons (Fsp3) is 0.647. The van der Waals surface area contributed by atoms with Gasteiger partial charge in [0.15, 0.2) is 0 Å². The maximum absolute atomic E-state index is 6.22. The van der Waals surface area contributed by atoms with Gasteiger partial charge in [-0.05, 0) is 49.4 Å². The van der Waals surface area contributed by atoms with Crippen LogP contribution in [-0.2, 0) is 6.54 Å². The molecule has 1 heterocycles. The summed E-state index contributed by atoms with van der Waals surface area (Å²) in [6.07, 6.45) is 1.27.